The molecular weight excluding hydrogens is 829 g/mol. The molecule has 0 aromatic rings. The quantitative estimate of drug-likeness (QED) is 0.0262. The summed E-state index contributed by atoms with van der Waals surface area (Å²) in [5.74, 6) is -1.01. The Kier molecular flexibility index (Phi) is 51.5. The summed E-state index contributed by atoms with van der Waals surface area (Å²) in [5, 5.41) is 0. The fourth-order valence-corrected chi connectivity index (χ4v) is 7.13. The molecule has 0 aromatic carbocycles. The molecule has 0 aliphatic rings. The minimum atomic E-state index is -0.818. The van der Waals surface area contributed by atoms with Crippen molar-refractivity contribution in [2.75, 3.05) is 13.2 Å². The molecule has 67 heavy (non-hydrogen) atoms. The maximum absolute atomic E-state index is 12.8. The van der Waals surface area contributed by atoms with E-state index in [1.165, 1.54) is 83.5 Å². The van der Waals surface area contributed by atoms with Gasteiger partial charge in [0.25, 0.3) is 0 Å². The molecule has 0 unspecified atom stereocenters. The molecule has 1 atom stereocenters. The van der Waals surface area contributed by atoms with E-state index in [0.29, 0.717) is 19.3 Å². The van der Waals surface area contributed by atoms with Gasteiger partial charge in [0.15, 0.2) is 6.10 Å². The first kappa shape index (κ1) is 63.1. The Balaban J connectivity index is 4.53. The van der Waals surface area contributed by atoms with Crippen molar-refractivity contribution in [3.8, 4) is 0 Å². The lowest BCUT2D eigenvalue weighted by Gasteiger charge is -2.18. The van der Waals surface area contributed by atoms with Gasteiger partial charge in [-0.1, -0.05) is 207 Å². The number of allylic oxidation sites excluding steroid dienone is 18. The van der Waals surface area contributed by atoms with Crippen molar-refractivity contribution in [2.45, 2.75) is 245 Å². The average molecular weight is 929 g/mol. The van der Waals surface area contributed by atoms with Crippen molar-refractivity contribution < 1.29 is 28.6 Å². The topological polar surface area (TPSA) is 78.9 Å². The fourth-order valence-electron chi connectivity index (χ4n) is 7.13. The van der Waals surface area contributed by atoms with Gasteiger partial charge >= 0.3 is 17.9 Å². The third kappa shape index (κ3) is 52.9. The van der Waals surface area contributed by atoms with E-state index < -0.39 is 6.10 Å². The molecule has 0 spiro atoms. The predicted molar refractivity (Wildman–Crippen MR) is 288 cm³/mol. The maximum Gasteiger partial charge on any atom is 0.306 e. The number of ether oxygens (including phenoxy) is 3. The van der Waals surface area contributed by atoms with Crippen LogP contribution in [-0.2, 0) is 28.6 Å². The molecule has 6 nitrogen and oxygen atoms in total. The molecule has 0 heterocycles. The second-order valence-electron chi connectivity index (χ2n) is 17.7. The second kappa shape index (κ2) is 54.7. The lowest BCUT2D eigenvalue weighted by Crippen LogP contribution is -2.30. The van der Waals surface area contributed by atoms with Crippen molar-refractivity contribution in [1.82, 2.24) is 0 Å². The van der Waals surface area contributed by atoms with Crippen LogP contribution in [0.15, 0.2) is 109 Å². The minimum Gasteiger partial charge on any atom is -0.462 e. The summed E-state index contributed by atoms with van der Waals surface area (Å²) in [5.41, 5.74) is 0. The van der Waals surface area contributed by atoms with E-state index >= 15 is 0 Å². The summed E-state index contributed by atoms with van der Waals surface area (Å²) >= 11 is 0. The van der Waals surface area contributed by atoms with Crippen molar-refractivity contribution in [3.05, 3.63) is 109 Å². The molecular formula is C61H100O6. The number of unbranched alkanes of at least 4 members (excludes halogenated alkanes) is 19. The third-order valence-corrected chi connectivity index (χ3v) is 11.2. The van der Waals surface area contributed by atoms with E-state index in [2.05, 4.69) is 130 Å². The molecule has 380 valence electrons. The van der Waals surface area contributed by atoms with Gasteiger partial charge in [-0.25, -0.2) is 0 Å². The van der Waals surface area contributed by atoms with Crippen LogP contribution in [-0.4, -0.2) is 37.2 Å². The van der Waals surface area contributed by atoms with Crippen LogP contribution in [0.1, 0.15) is 239 Å². The van der Waals surface area contributed by atoms with E-state index in [-0.39, 0.29) is 37.5 Å². The van der Waals surface area contributed by atoms with E-state index in [4.69, 9.17) is 14.2 Å². The summed E-state index contributed by atoms with van der Waals surface area (Å²) in [4.78, 5) is 38.0. The van der Waals surface area contributed by atoms with Gasteiger partial charge in [0.05, 0.1) is 0 Å². The zero-order valence-corrected chi connectivity index (χ0v) is 43.4. The number of rotatable bonds is 48. The highest BCUT2D eigenvalue weighted by atomic mass is 16.6. The fraction of sp³-hybridized carbons (Fsp3) is 0.656. The summed E-state index contributed by atoms with van der Waals surface area (Å²) in [6, 6.07) is 0. The largest absolute Gasteiger partial charge is 0.462 e. The minimum absolute atomic E-state index is 0.116. The van der Waals surface area contributed by atoms with Gasteiger partial charge in [-0.05, 0) is 122 Å². The molecule has 0 aliphatic carbocycles. The Hall–Kier alpha value is -3.93. The average Bonchev–Trinajstić information content (AvgIpc) is 3.33. The summed E-state index contributed by atoms with van der Waals surface area (Å²) in [6.07, 6.45) is 73.6. The number of hydrogen-bond acceptors (Lipinski definition) is 6. The maximum atomic E-state index is 12.8. The second-order valence-corrected chi connectivity index (χ2v) is 17.7. The molecule has 0 amide bonds. The van der Waals surface area contributed by atoms with Crippen molar-refractivity contribution >= 4 is 17.9 Å². The lowest BCUT2D eigenvalue weighted by molar-refractivity contribution is -0.167. The van der Waals surface area contributed by atoms with Crippen LogP contribution < -0.4 is 0 Å². The van der Waals surface area contributed by atoms with Crippen LogP contribution in [0.5, 0.6) is 0 Å². The molecule has 6 heteroatoms. The van der Waals surface area contributed by atoms with Crippen molar-refractivity contribution in [3.63, 3.8) is 0 Å². The monoisotopic (exact) mass is 929 g/mol. The van der Waals surface area contributed by atoms with Crippen LogP contribution >= 0.6 is 0 Å². The van der Waals surface area contributed by atoms with Gasteiger partial charge in [-0.15, -0.1) is 0 Å². The van der Waals surface area contributed by atoms with Gasteiger partial charge in [-0.2, -0.15) is 0 Å². The van der Waals surface area contributed by atoms with Gasteiger partial charge in [0.2, 0.25) is 0 Å². The molecule has 0 rings (SSSR count). The third-order valence-electron chi connectivity index (χ3n) is 11.2. The smallest absolute Gasteiger partial charge is 0.306 e. The number of hydrogen-bond donors (Lipinski definition) is 0. The normalized spacial score (nSPS) is 12.9. The molecule has 0 aliphatic heterocycles. The predicted octanol–water partition coefficient (Wildman–Crippen LogP) is 18.3. The van der Waals surface area contributed by atoms with Gasteiger partial charge in [0.1, 0.15) is 13.2 Å². The summed E-state index contributed by atoms with van der Waals surface area (Å²) < 4.78 is 16.7. The lowest BCUT2D eigenvalue weighted by atomic mass is 10.1. The molecule has 0 N–H and O–H groups in total. The van der Waals surface area contributed by atoms with Gasteiger partial charge in [-0.3, -0.25) is 14.4 Å². The highest BCUT2D eigenvalue weighted by Crippen LogP contribution is 2.13. The SMILES string of the molecule is CC/C=C\C/C=C\C/C=C\C/C=C\C/C=C\CCCCCC(=O)OC[C@H](COC(=O)CCC/C=C\C/C=C\C/C=C\CCCCCCCC)OC(=O)CCCCCCC/C=C\CCCCCC. The van der Waals surface area contributed by atoms with E-state index in [1.54, 1.807) is 0 Å². The van der Waals surface area contributed by atoms with E-state index in [0.717, 1.165) is 109 Å². The number of carbonyl (C=O) groups excluding carboxylic acids is 3. The Morgan fingerprint density at radius 3 is 1.01 bits per heavy atom. The molecule has 0 radical (unpaired) electrons. The molecule has 0 saturated carbocycles. The van der Waals surface area contributed by atoms with Crippen molar-refractivity contribution in [1.29, 1.82) is 0 Å². The summed E-state index contributed by atoms with van der Waals surface area (Å²) in [7, 11) is 0. The highest BCUT2D eigenvalue weighted by Gasteiger charge is 2.19. The molecule has 0 aromatic heterocycles. The Bertz CT molecular complexity index is 1390. The van der Waals surface area contributed by atoms with E-state index in [1.807, 2.05) is 0 Å². The van der Waals surface area contributed by atoms with Crippen molar-refractivity contribution in [2.24, 2.45) is 0 Å². The standard InChI is InChI=1S/C61H100O6/c1-4-7-10-13-16-19-22-25-27-29-30-32-34-37-39-42-45-48-51-54-60(63)66-57-58(67-61(64)55-52-49-46-43-40-35-24-21-18-15-12-9-6-3)56-65-59(62)53-50-47-44-41-38-36-33-31-28-26-23-20-17-14-11-8-5-2/h7,10,16,19,21,24-28,30,32-33,36-37,39,41,44,58H,4-6,8-9,11-15,17-18,20,22-23,29,31,34-35,38,40,42-43,45-57H2,1-3H3/b10-7-,19-16-,24-21-,27-25-,28-26-,32-30-,36-33-,39-37-,44-41-/t58-/m0/s1. The first-order chi connectivity index (χ1) is 33.0. The van der Waals surface area contributed by atoms with Gasteiger partial charge < -0.3 is 14.2 Å². The Morgan fingerprint density at radius 1 is 0.313 bits per heavy atom. The number of esters is 3. The zero-order valence-electron chi connectivity index (χ0n) is 43.4. The summed E-state index contributed by atoms with van der Waals surface area (Å²) in [6.45, 7) is 6.42. The first-order valence-corrected chi connectivity index (χ1v) is 27.4. The van der Waals surface area contributed by atoms with Gasteiger partial charge in [0, 0.05) is 19.3 Å². The van der Waals surface area contributed by atoms with Crippen LogP contribution in [0.4, 0.5) is 0 Å². The first-order valence-electron chi connectivity index (χ1n) is 27.4. The number of carbonyl (C=O) groups is 3. The highest BCUT2D eigenvalue weighted by molar-refractivity contribution is 5.71. The van der Waals surface area contributed by atoms with Crippen LogP contribution in [0.2, 0.25) is 0 Å². The Labute approximate surface area is 412 Å². The van der Waals surface area contributed by atoms with Crippen LogP contribution in [0.25, 0.3) is 0 Å². The molecule has 0 bridgehead atoms. The molecule has 0 fully saturated rings. The van der Waals surface area contributed by atoms with E-state index in [9.17, 15) is 14.4 Å². The van der Waals surface area contributed by atoms with Crippen LogP contribution in [0, 0.1) is 0 Å². The molecule has 0 saturated heterocycles. The Morgan fingerprint density at radius 2 is 0.597 bits per heavy atom. The zero-order chi connectivity index (χ0) is 48.6. The van der Waals surface area contributed by atoms with Crippen LogP contribution in [0.3, 0.4) is 0 Å².